The van der Waals surface area contributed by atoms with Gasteiger partial charge in [0.2, 0.25) is 0 Å². The Balaban J connectivity index is 0.00000108. The van der Waals surface area contributed by atoms with Crippen LogP contribution in [-0.4, -0.2) is 0 Å². The zero-order valence-corrected chi connectivity index (χ0v) is 13.4. The first-order valence-electron chi connectivity index (χ1n) is 6.50. The van der Waals surface area contributed by atoms with E-state index in [2.05, 4.69) is 37.3 Å². The Morgan fingerprint density at radius 3 is 2.88 bits per heavy atom. The predicted molar refractivity (Wildman–Crippen MR) is 68.1 cm³/mol. The molecule has 2 aliphatic rings. The topological polar surface area (TPSA) is 0 Å². The van der Waals surface area contributed by atoms with E-state index in [-0.39, 0.29) is 32.7 Å². The van der Waals surface area contributed by atoms with Crippen molar-refractivity contribution in [2.45, 2.75) is 39.0 Å². The van der Waals surface area contributed by atoms with Crippen LogP contribution in [0.25, 0.3) is 5.57 Å². The monoisotopic (exact) mass is 300 g/mol. The van der Waals surface area contributed by atoms with Crippen LogP contribution >= 0.6 is 0 Å². The summed E-state index contributed by atoms with van der Waals surface area (Å²) >= 11 is 0. The number of rotatable bonds is 1. The molecule has 0 saturated heterocycles. The Labute approximate surface area is 130 Å². The number of hydrogen-bond donors (Lipinski definition) is 0. The van der Waals surface area contributed by atoms with Crippen molar-refractivity contribution in [3.8, 4) is 0 Å². The van der Waals surface area contributed by atoms with E-state index in [0.29, 0.717) is 0 Å². The van der Waals surface area contributed by atoms with Gasteiger partial charge in [0.25, 0.3) is 0 Å². The Morgan fingerprint density at radius 2 is 2.12 bits per heavy atom. The van der Waals surface area contributed by atoms with Crippen molar-refractivity contribution in [1.82, 2.24) is 0 Å². The minimum atomic E-state index is 0. The van der Waals surface area contributed by atoms with Gasteiger partial charge in [-0.05, 0) is 31.1 Å². The van der Waals surface area contributed by atoms with Crippen LogP contribution in [0.2, 0.25) is 0 Å². The maximum atomic E-state index is 3.25. The van der Waals surface area contributed by atoms with E-state index in [9.17, 15) is 0 Å². The number of allylic oxidation sites excluding steroid dienone is 2. The van der Waals surface area contributed by atoms with E-state index in [1.165, 1.54) is 43.2 Å². The molecule has 2 bridgehead atoms. The number of benzene rings is 1. The third-order valence-corrected chi connectivity index (χ3v) is 4.07. The van der Waals surface area contributed by atoms with Gasteiger partial charge in [0.1, 0.15) is 0 Å². The maximum absolute atomic E-state index is 3.25. The molecule has 0 amide bonds. The smallest absolute Gasteiger partial charge is 0 e. The molecular formula is C16H19Y-. The summed E-state index contributed by atoms with van der Waals surface area (Å²) in [5.74, 6) is 1.82. The number of fused-ring (bicyclic) bond motifs is 2. The van der Waals surface area contributed by atoms with Crippen molar-refractivity contribution in [3.63, 3.8) is 0 Å². The van der Waals surface area contributed by atoms with Gasteiger partial charge in [-0.2, -0.15) is 29.8 Å². The van der Waals surface area contributed by atoms with Crippen LogP contribution in [0.15, 0.2) is 24.3 Å². The zero-order chi connectivity index (χ0) is 11.0. The van der Waals surface area contributed by atoms with Gasteiger partial charge in [0.05, 0.1) is 0 Å². The van der Waals surface area contributed by atoms with Crippen LogP contribution < -0.4 is 0 Å². The Bertz CT molecular complexity index is 419. The van der Waals surface area contributed by atoms with Gasteiger partial charge in [0.15, 0.2) is 0 Å². The molecule has 0 nitrogen and oxygen atoms in total. The molecule has 3 rings (SSSR count). The molecule has 2 unspecified atom stereocenters. The second-order valence-corrected chi connectivity index (χ2v) is 5.49. The average molecular weight is 300 g/mol. The second-order valence-electron chi connectivity index (χ2n) is 5.49. The Morgan fingerprint density at radius 1 is 1.24 bits per heavy atom. The fraction of sp³-hybridized carbons (Fsp3) is 0.500. The molecule has 1 aromatic carbocycles. The summed E-state index contributed by atoms with van der Waals surface area (Å²) in [6.45, 7) is 2.16. The summed E-state index contributed by atoms with van der Waals surface area (Å²) in [6.07, 6.45) is 9.59. The summed E-state index contributed by atoms with van der Waals surface area (Å²) in [4.78, 5) is 0. The first-order valence-corrected chi connectivity index (χ1v) is 6.50. The molecule has 2 aliphatic carbocycles. The van der Waals surface area contributed by atoms with Crippen molar-refractivity contribution in [2.75, 3.05) is 0 Å². The largest absolute Gasteiger partial charge is 0.183 e. The number of aryl methyl sites for hydroxylation is 1. The van der Waals surface area contributed by atoms with Crippen LogP contribution in [0, 0.1) is 24.8 Å². The van der Waals surface area contributed by atoms with Crippen molar-refractivity contribution >= 4 is 5.57 Å². The molecule has 0 spiro atoms. The van der Waals surface area contributed by atoms with Gasteiger partial charge in [0, 0.05) is 32.7 Å². The van der Waals surface area contributed by atoms with Gasteiger partial charge in [-0.25, -0.2) is 0 Å². The fourth-order valence-electron chi connectivity index (χ4n) is 3.32. The second kappa shape index (κ2) is 5.80. The third kappa shape index (κ3) is 3.09. The van der Waals surface area contributed by atoms with Crippen molar-refractivity contribution in [2.24, 2.45) is 11.8 Å². The van der Waals surface area contributed by atoms with E-state index in [4.69, 9.17) is 0 Å². The van der Waals surface area contributed by atoms with E-state index in [1.807, 2.05) is 0 Å². The average Bonchev–Trinajstić information content (AvgIpc) is 2.28. The molecule has 1 aromatic rings. The van der Waals surface area contributed by atoms with Gasteiger partial charge in [-0.1, -0.05) is 31.4 Å². The normalized spacial score (nSPS) is 27.0. The van der Waals surface area contributed by atoms with Crippen LogP contribution in [0.3, 0.4) is 0 Å². The van der Waals surface area contributed by atoms with E-state index in [0.717, 1.165) is 11.8 Å². The molecule has 0 heterocycles. The molecule has 0 aromatic heterocycles. The van der Waals surface area contributed by atoms with Gasteiger partial charge in [-0.15, -0.1) is 5.56 Å². The fourth-order valence-corrected chi connectivity index (χ4v) is 3.32. The van der Waals surface area contributed by atoms with E-state index < -0.39 is 0 Å². The van der Waals surface area contributed by atoms with Crippen molar-refractivity contribution in [1.29, 1.82) is 0 Å². The molecule has 0 aliphatic heterocycles. The Kier molecular flexibility index (Phi) is 4.61. The molecule has 1 saturated carbocycles. The quantitative estimate of drug-likeness (QED) is 0.675. The predicted octanol–water partition coefficient (Wildman–Crippen LogP) is 4.39. The molecule has 1 heteroatoms. The van der Waals surface area contributed by atoms with Crippen LogP contribution in [0.4, 0.5) is 0 Å². The zero-order valence-electron chi connectivity index (χ0n) is 10.6. The van der Waals surface area contributed by atoms with Gasteiger partial charge in [-0.3, -0.25) is 0 Å². The standard InChI is InChI=1S/C16H19.Y/c1-12-4-2-7-15(8-12)16-10-13-5-3-6-14(9-13)11-16;/h4,7-8,10,13-14H,3,5-6,9,11H2,1H3;/q-1;. The summed E-state index contributed by atoms with van der Waals surface area (Å²) < 4.78 is 0. The summed E-state index contributed by atoms with van der Waals surface area (Å²) in [6, 6.07) is 9.78. The molecule has 1 radical (unpaired) electrons. The molecular weight excluding hydrogens is 281 g/mol. The van der Waals surface area contributed by atoms with E-state index >= 15 is 0 Å². The third-order valence-electron chi connectivity index (χ3n) is 4.07. The van der Waals surface area contributed by atoms with Crippen LogP contribution in [-0.2, 0) is 32.7 Å². The van der Waals surface area contributed by atoms with Crippen LogP contribution in [0.5, 0.6) is 0 Å². The molecule has 17 heavy (non-hydrogen) atoms. The molecule has 2 atom stereocenters. The molecule has 0 N–H and O–H groups in total. The van der Waals surface area contributed by atoms with Gasteiger partial charge < -0.3 is 0 Å². The molecule has 1 fully saturated rings. The van der Waals surface area contributed by atoms with E-state index in [1.54, 1.807) is 5.57 Å². The first-order chi connectivity index (χ1) is 7.81. The first kappa shape index (κ1) is 13.5. The summed E-state index contributed by atoms with van der Waals surface area (Å²) in [5.41, 5.74) is 4.33. The Hall–Kier alpha value is 0.0639. The van der Waals surface area contributed by atoms with Gasteiger partial charge >= 0.3 is 0 Å². The van der Waals surface area contributed by atoms with Crippen molar-refractivity contribution in [3.05, 3.63) is 41.5 Å². The van der Waals surface area contributed by atoms with Crippen molar-refractivity contribution < 1.29 is 32.7 Å². The number of hydrogen-bond acceptors (Lipinski definition) is 0. The minimum absolute atomic E-state index is 0. The molecule has 87 valence electrons. The summed E-state index contributed by atoms with van der Waals surface area (Å²) in [7, 11) is 0. The summed E-state index contributed by atoms with van der Waals surface area (Å²) in [5, 5.41) is 0. The SMILES string of the molecule is Cc1c[c-]cc(C2=CC3CCCC(C2)C3)c1.[Y]. The van der Waals surface area contributed by atoms with Crippen LogP contribution in [0.1, 0.15) is 43.2 Å². The maximum Gasteiger partial charge on any atom is 0 e. The minimum Gasteiger partial charge on any atom is -0.183 e.